The van der Waals surface area contributed by atoms with Crippen LogP contribution < -0.4 is 10.6 Å². The van der Waals surface area contributed by atoms with Gasteiger partial charge in [0.05, 0.1) is 0 Å². The first-order chi connectivity index (χ1) is 10.6. The molecule has 0 aliphatic heterocycles. The van der Waals surface area contributed by atoms with Gasteiger partial charge in [0.2, 0.25) is 0 Å². The number of hydrogen-bond acceptors (Lipinski definition) is 1. The zero-order valence-corrected chi connectivity index (χ0v) is 14.0. The lowest BCUT2D eigenvalue weighted by Crippen LogP contribution is -2.19. The zero-order valence-electron chi connectivity index (χ0n) is 13.1. The molecule has 2 aromatic carbocycles. The van der Waals surface area contributed by atoms with E-state index in [9.17, 15) is 0 Å². The molecule has 0 atom stereocenters. The summed E-state index contributed by atoms with van der Waals surface area (Å²) in [6.07, 6.45) is 3.66. The van der Waals surface area contributed by atoms with Gasteiger partial charge in [-0.25, -0.2) is 0 Å². The normalized spacial score (nSPS) is 13.0. The first kappa shape index (κ1) is 15.0. The molecule has 0 fully saturated rings. The van der Waals surface area contributed by atoms with Crippen molar-refractivity contribution in [3.05, 3.63) is 59.2 Å². The quantitative estimate of drug-likeness (QED) is 0.771. The Morgan fingerprint density at radius 1 is 0.909 bits per heavy atom. The first-order valence-corrected chi connectivity index (χ1v) is 8.32. The van der Waals surface area contributed by atoms with Crippen molar-refractivity contribution in [1.82, 2.24) is 0 Å². The second-order valence-electron chi connectivity index (χ2n) is 6.19. The molecule has 2 aromatic rings. The van der Waals surface area contributed by atoms with Crippen molar-refractivity contribution < 1.29 is 0 Å². The number of anilines is 2. The van der Waals surface area contributed by atoms with Crippen LogP contribution in [0.5, 0.6) is 0 Å². The minimum atomic E-state index is 0.547. The number of aryl methyl sites for hydroxylation is 2. The van der Waals surface area contributed by atoms with E-state index in [2.05, 4.69) is 66.9 Å². The molecule has 2 N–H and O–H groups in total. The number of nitrogens with one attached hydrogen (secondary N) is 2. The summed E-state index contributed by atoms with van der Waals surface area (Å²) in [5.41, 5.74) is 6.35. The number of fused-ring (bicyclic) bond motifs is 1. The van der Waals surface area contributed by atoms with Gasteiger partial charge in [0, 0.05) is 11.4 Å². The van der Waals surface area contributed by atoms with E-state index in [1.165, 1.54) is 36.0 Å². The van der Waals surface area contributed by atoms with Crippen LogP contribution in [0.4, 0.5) is 11.4 Å². The third kappa shape index (κ3) is 3.47. The molecular formula is C19H22N2S. The Balaban J connectivity index is 1.62. The van der Waals surface area contributed by atoms with Crippen LogP contribution in [0, 0.1) is 0 Å². The standard InChI is InChI=1S/C19H22N2S/c1-13(2)14-6-9-17(10-7-14)20-19(22)21-18-11-8-15-4-3-5-16(15)12-18/h6-13H,3-5H2,1-2H3,(H2,20,21,22). The molecule has 0 amide bonds. The zero-order chi connectivity index (χ0) is 15.5. The molecule has 0 bridgehead atoms. The Morgan fingerprint density at radius 3 is 2.27 bits per heavy atom. The molecule has 0 saturated heterocycles. The van der Waals surface area contributed by atoms with E-state index in [1.54, 1.807) is 0 Å². The highest BCUT2D eigenvalue weighted by Gasteiger charge is 2.11. The van der Waals surface area contributed by atoms with Gasteiger partial charge < -0.3 is 10.6 Å². The fourth-order valence-electron chi connectivity index (χ4n) is 2.89. The van der Waals surface area contributed by atoms with Crippen molar-refractivity contribution in [3.63, 3.8) is 0 Å². The fourth-order valence-corrected chi connectivity index (χ4v) is 3.13. The summed E-state index contributed by atoms with van der Waals surface area (Å²) in [6, 6.07) is 15.0. The fraction of sp³-hybridized carbons (Fsp3) is 0.316. The second-order valence-corrected chi connectivity index (χ2v) is 6.60. The highest BCUT2D eigenvalue weighted by molar-refractivity contribution is 7.80. The predicted octanol–water partition coefficient (Wildman–Crippen LogP) is 5.11. The van der Waals surface area contributed by atoms with Crippen LogP contribution in [0.1, 0.15) is 42.9 Å². The van der Waals surface area contributed by atoms with Crippen molar-refractivity contribution in [2.45, 2.75) is 39.0 Å². The highest BCUT2D eigenvalue weighted by atomic mass is 32.1. The van der Waals surface area contributed by atoms with Gasteiger partial charge in [0.15, 0.2) is 5.11 Å². The van der Waals surface area contributed by atoms with Crippen LogP contribution in [0.2, 0.25) is 0 Å². The van der Waals surface area contributed by atoms with Crippen molar-refractivity contribution in [2.75, 3.05) is 10.6 Å². The van der Waals surface area contributed by atoms with Gasteiger partial charge in [0.25, 0.3) is 0 Å². The maximum atomic E-state index is 5.41. The van der Waals surface area contributed by atoms with E-state index in [-0.39, 0.29) is 0 Å². The van der Waals surface area contributed by atoms with Gasteiger partial charge in [-0.15, -0.1) is 0 Å². The van der Waals surface area contributed by atoms with Gasteiger partial charge in [0.1, 0.15) is 0 Å². The van der Waals surface area contributed by atoms with Crippen molar-refractivity contribution >= 4 is 28.7 Å². The van der Waals surface area contributed by atoms with Crippen molar-refractivity contribution in [3.8, 4) is 0 Å². The lowest BCUT2D eigenvalue weighted by molar-refractivity contribution is 0.867. The Hall–Kier alpha value is -1.87. The third-order valence-electron chi connectivity index (χ3n) is 4.19. The van der Waals surface area contributed by atoms with E-state index in [0.717, 1.165) is 11.4 Å². The smallest absolute Gasteiger partial charge is 0.175 e. The van der Waals surface area contributed by atoms with E-state index in [4.69, 9.17) is 12.2 Å². The van der Waals surface area contributed by atoms with Crippen LogP contribution in [0.25, 0.3) is 0 Å². The molecule has 3 heteroatoms. The summed E-state index contributed by atoms with van der Waals surface area (Å²) in [6.45, 7) is 4.39. The Morgan fingerprint density at radius 2 is 1.55 bits per heavy atom. The summed E-state index contributed by atoms with van der Waals surface area (Å²) >= 11 is 5.41. The SMILES string of the molecule is CC(C)c1ccc(NC(=S)Nc2ccc3c(c2)CCC3)cc1. The summed E-state index contributed by atoms with van der Waals surface area (Å²) < 4.78 is 0. The number of rotatable bonds is 3. The Labute approximate surface area is 137 Å². The summed E-state index contributed by atoms with van der Waals surface area (Å²) in [4.78, 5) is 0. The molecule has 0 unspecified atom stereocenters. The number of benzene rings is 2. The molecule has 2 nitrogen and oxygen atoms in total. The minimum absolute atomic E-state index is 0.547. The Bertz CT molecular complexity index is 674. The molecule has 1 aliphatic rings. The van der Waals surface area contributed by atoms with Crippen LogP contribution in [0.15, 0.2) is 42.5 Å². The van der Waals surface area contributed by atoms with Crippen LogP contribution >= 0.6 is 12.2 Å². The molecule has 0 saturated carbocycles. The molecule has 22 heavy (non-hydrogen) atoms. The molecule has 0 heterocycles. The molecule has 1 aliphatic carbocycles. The van der Waals surface area contributed by atoms with E-state index in [0.29, 0.717) is 11.0 Å². The van der Waals surface area contributed by atoms with Gasteiger partial charge in [-0.1, -0.05) is 32.0 Å². The van der Waals surface area contributed by atoms with E-state index < -0.39 is 0 Å². The largest absolute Gasteiger partial charge is 0.332 e. The average Bonchev–Trinajstić information content (AvgIpc) is 2.95. The topological polar surface area (TPSA) is 24.1 Å². The molecule has 0 radical (unpaired) electrons. The maximum Gasteiger partial charge on any atom is 0.175 e. The van der Waals surface area contributed by atoms with Crippen LogP contribution in [-0.4, -0.2) is 5.11 Å². The first-order valence-electron chi connectivity index (χ1n) is 7.91. The molecule has 0 spiro atoms. The van der Waals surface area contributed by atoms with Crippen LogP contribution in [-0.2, 0) is 12.8 Å². The van der Waals surface area contributed by atoms with Gasteiger partial charge in [-0.2, -0.15) is 0 Å². The Kier molecular flexibility index (Phi) is 4.44. The minimum Gasteiger partial charge on any atom is -0.332 e. The van der Waals surface area contributed by atoms with Crippen molar-refractivity contribution in [2.24, 2.45) is 0 Å². The van der Waals surface area contributed by atoms with Gasteiger partial charge in [-0.3, -0.25) is 0 Å². The highest BCUT2D eigenvalue weighted by Crippen LogP contribution is 2.25. The predicted molar refractivity (Wildman–Crippen MR) is 98.8 cm³/mol. The van der Waals surface area contributed by atoms with Gasteiger partial charge >= 0.3 is 0 Å². The lowest BCUT2D eigenvalue weighted by Gasteiger charge is -2.13. The molecule has 0 aromatic heterocycles. The van der Waals surface area contributed by atoms with E-state index in [1.807, 2.05) is 0 Å². The molecule has 3 rings (SSSR count). The second kappa shape index (κ2) is 6.49. The number of thiocarbonyl (C=S) groups is 1. The lowest BCUT2D eigenvalue weighted by atomic mass is 10.0. The summed E-state index contributed by atoms with van der Waals surface area (Å²) in [5, 5.41) is 7.16. The summed E-state index contributed by atoms with van der Waals surface area (Å²) in [5.74, 6) is 0.547. The summed E-state index contributed by atoms with van der Waals surface area (Å²) in [7, 11) is 0. The van der Waals surface area contributed by atoms with E-state index >= 15 is 0 Å². The van der Waals surface area contributed by atoms with Gasteiger partial charge in [-0.05, 0) is 78.4 Å². The maximum absolute atomic E-state index is 5.41. The monoisotopic (exact) mass is 310 g/mol. The van der Waals surface area contributed by atoms with Crippen LogP contribution in [0.3, 0.4) is 0 Å². The molecular weight excluding hydrogens is 288 g/mol. The van der Waals surface area contributed by atoms with Crippen molar-refractivity contribution in [1.29, 1.82) is 0 Å². The third-order valence-corrected chi connectivity index (χ3v) is 4.40. The number of hydrogen-bond donors (Lipinski definition) is 2. The molecule has 114 valence electrons. The average molecular weight is 310 g/mol.